The van der Waals surface area contributed by atoms with Gasteiger partial charge in [0.15, 0.2) is 6.10 Å². The van der Waals surface area contributed by atoms with Crippen molar-refractivity contribution in [2.45, 2.75) is 32.5 Å². The molecule has 1 atom stereocenters. The maximum atomic E-state index is 11.3. The molecule has 3 N–H and O–H groups in total. The molecule has 0 bridgehead atoms. The lowest BCUT2D eigenvalue weighted by Crippen LogP contribution is -2.16. The molecule has 0 aliphatic heterocycles. The van der Waals surface area contributed by atoms with Crippen LogP contribution in [0, 0.1) is 0 Å². The zero-order chi connectivity index (χ0) is 15.1. The van der Waals surface area contributed by atoms with E-state index < -0.39 is 18.0 Å². The Kier molecular flexibility index (Phi) is 6.14. The van der Waals surface area contributed by atoms with Crippen LogP contribution >= 0.6 is 0 Å². The summed E-state index contributed by atoms with van der Waals surface area (Å²) in [5, 5.41) is 27.9. The van der Waals surface area contributed by atoms with Gasteiger partial charge in [-0.1, -0.05) is 18.2 Å². The summed E-state index contributed by atoms with van der Waals surface area (Å²) in [6, 6.07) is 4.80. The number of aliphatic hydroxyl groups is 2. The normalized spacial score (nSPS) is 11.9. The number of aryl methyl sites for hydroxylation is 1. The van der Waals surface area contributed by atoms with E-state index in [0.29, 0.717) is 11.1 Å². The van der Waals surface area contributed by atoms with E-state index in [9.17, 15) is 19.8 Å². The van der Waals surface area contributed by atoms with Crippen LogP contribution in [0.3, 0.4) is 0 Å². The molecule has 6 nitrogen and oxygen atoms in total. The highest BCUT2D eigenvalue weighted by Crippen LogP contribution is 2.24. The lowest BCUT2D eigenvalue weighted by atomic mass is 9.94. The maximum Gasteiger partial charge on any atom is 0.337 e. The minimum absolute atomic E-state index is 0.0854. The van der Waals surface area contributed by atoms with E-state index in [0.717, 1.165) is 0 Å². The molecule has 0 aliphatic rings. The molecule has 1 rings (SSSR count). The third kappa shape index (κ3) is 4.04. The first-order valence-electron chi connectivity index (χ1n) is 6.29. The van der Waals surface area contributed by atoms with Gasteiger partial charge < -0.3 is 20.1 Å². The molecule has 0 spiro atoms. The molecule has 1 unspecified atom stereocenters. The highest BCUT2D eigenvalue weighted by atomic mass is 16.5. The fourth-order valence-electron chi connectivity index (χ4n) is 1.97. The van der Waals surface area contributed by atoms with Crippen LogP contribution in [-0.2, 0) is 27.4 Å². The standard InChI is InChI=1S/C14H18O6/c1-2-20-11(16)7-6-9-4-3-5-10(8-15)12(9)13(17)14(18)19/h3-5,13,15,17H,2,6-8H2,1H3,(H,18,19). The van der Waals surface area contributed by atoms with Crippen molar-refractivity contribution in [3.63, 3.8) is 0 Å². The number of rotatable bonds is 7. The minimum atomic E-state index is -1.73. The van der Waals surface area contributed by atoms with Gasteiger partial charge in [0.2, 0.25) is 0 Å². The summed E-state index contributed by atoms with van der Waals surface area (Å²) in [7, 11) is 0. The Balaban J connectivity index is 3.00. The molecule has 0 heterocycles. The lowest BCUT2D eigenvalue weighted by Gasteiger charge is -2.16. The van der Waals surface area contributed by atoms with Gasteiger partial charge in [-0.05, 0) is 24.5 Å². The summed E-state index contributed by atoms with van der Waals surface area (Å²) in [6.07, 6.45) is -1.40. The topological polar surface area (TPSA) is 104 Å². The predicted octanol–water partition coefficient (Wildman–Crippen LogP) is 0.793. The van der Waals surface area contributed by atoms with Gasteiger partial charge in [-0.3, -0.25) is 4.79 Å². The van der Waals surface area contributed by atoms with Gasteiger partial charge in [-0.25, -0.2) is 4.79 Å². The Morgan fingerprint density at radius 3 is 2.50 bits per heavy atom. The van der Waals surface area contributed by atoms with Crippen LogP contribution in [0.5, 0.6) is 0 Å². The average Bonchev–Trinajstić information content (AvgIpc) is 2.44. The first kappa shape index (κ1) is 16.1. The second-order valence-corrected chi connectivity index (χ2v) is 4.19. The zero-order valence-corrected chi connectivity index (χ0v) is 11.2. The van der Waals surface area contributed by atoms with E-state index >= 15 is 0 Å². The van der Waals surface area contributed by atoms with Crippen LogP contribution in [0.2, 0.25) is 0 Å². The summed E-state index contributed by atoms with van der Waals surface area (Å²) in [6.45, 7) is 1.59. The van der Waals surface area contributed by atoms with Crippen molar-refractivity contribution in [3.8, 4) is 0 Å². The van der Waals surface area contributed by atoms with Crippen molar-refractivity contribution in [1.29, 1.82) is 0 Å². The number of carbonyl (C=O) groups is 2. The number of carboxylic acid groups (broad SMARTS) is 1. The molecule has 0 saturated heterocycles. The highest BCUT2D eigenvalue weighted by Gasteiger charge is 2.22. The number of hydrogen-bond donors (Lipinski definition) is 3. The quantitative estimate of drug-likeness (QED) is 0.639. The van der Waals surface area contributed by atoms with Crippen molar-refractivity contribution < 1.29 is 29.6 Å². The number of ether oxygens (including phenoxy) is 1. The predicted molar refractivity (Wildman–Crippen MR) is 69.9 cm³/mol. The Morgan fingerprint density at radius 2 is 1.95 bits per heavy atom. The minimum Gasteiger partial charge on any atom is -0.479 e. The number of benzene rings is 1. The van der Waals surface area contributed by atoms with Crippen molar-refractivity contribution in [1.82, 2.24) is 0 Å². The number of aliphatic carboxylic acids is 1. The molecule has 110 valence electrons. The van der Waals surface area contributed by atoms with E-state index in [1.165, 1.54) is 6.07 Å². The number of carboxylic acids is 1. The molecule has 0 fully saturated rings. The fourth-order valence-corrected chi connectivity index (χ4v) is 1.97. The summed E-state index contributed by atoms with van der Waals surface area (Å²) in [5.41, 5.74) is 0.993. The van der Waals surface area contributed by atoms with Crippen molar-refractivity contribution >= 4 is 11.9 Å². The zero-order valence-electron chi connectivity index (χ0n) is 11.2. The number of esters is 1. The van der Waals surface area contributed by atoms with E-state index in [-0.39, 0.29) is 31.6 Å². The van der Waals surface area contributed by atoms with Gasteiger partial charge in [-0.15, -0.1) is 0 Å². The number of hydrogen-bond acceptors (Lipinski definition) is 5. The van der Waals surface area contributed by atoms with Crippen LogP contribution in [-0.4, -0.2) is 33.9 Å². The molecule has 0 saturated carbocycles. The van der Waals surface area contributed by atoms with Gasteiger partial charge in [-0.2, -0.15) is 0 Å². The first-order valence-corrected chi connectivity index (χ1v) is 6.29. The molecular formula is C14H18O6. The first-order chi connectivity index (χ1) is 9.51. The van der Waals surface area contributed by atoms with Gasteiger partial charge in [0.05, 0.1) is 13.2 Å². The number of aliphatic hydroxyl groups excluding tert-OH is 2. The molecule has 20 heavy (non-hydrogen) atoms. The van der Waals surface area contributed by atoms with Gasteiger partial charge >= 0.3 is 11.9 Å². The van der Waals surface area contributed by atoms with Gasteiger partial charge in [0, 0.05) is 12.0 Å². The Bertz CT molecular complexity index is 483. The summed E-state index contributed by atoms with van der Waals surface area (Å²) >= 11 is 0. The van der Waals surface area contributed by atoms with E-state index in [1.807, 2.05) is 0 Å². The third-order valence-electron chi connectivity index (χ3n) is 2.87. The largest absolute Gasteiger partial charge is 0.479 e. The number of carbonyl (C=O) groups excluding carboxylic acids is 1. The lowest BCUT2D eigenvalue weighted by molar-refractivity contribution is -0.147. The Labute approximate surface area is 116 Å². The van der Waals surface area contributed by atoms with Crippen molar-refractivity contribution in [2.24, 2.45) is 0 Å². The molecule has 0 aliphatic carbocycles. The maximum absolute atomic E-state index is 11.3. The molecular weight excluding hydrogens is 264 g/mol. The van der Waals surface area contributed by atoms with Crippen molar-refractivity contribution in [3.05, 3.63) is 34.9 Å². The third-order valence-corrected chi connectivity index (χ3v) is 2.87. The molecule has 1 aromatic carbocycles. The molecule has 6 heteroatoms. The van der Waals surface area contributed by atoms with Crippen molar-refractivity contribution in [2.75, 3.05) is 6.61 Å². The smallest absolute Gasteiger partial charge is 0.337 e. The summed E-state index contributed by atoms with van der Waals surface area (Å²) < 4.78 is 4.80. The van der Waals surface area contributed by atoms with Gasteiger partial charge in [0.25, 0.3) is 0 Å². The van der Waals surface area contributed by atoms with Crippen LogP contribution in [0.1, 0.15) is 36.1 Å². The molecule has 0 amide bonds. The Morgan fingerprint density at radius 1 is 1.30 bits per heavy atom. The summed E-state index contributed by atoms with van der Waals surface area (Å²) in [5.74, 6) is -1.79. The van der Waals surface area contributed by atoms with Crippen LogP contribution in [0.4, 0.5) is 0 Å². The fraction of sp³-hybridized carbons (Fsp3) is 0.429. The average molecular weight is 282 g/mol. The molecule has 1 aromatic rings. The molecule has 0 radical (unpaired) electrons. The monoisotopic (exact) mass is 282 g/mol. The molecule has 0 aromatic heterocycles. The summed E-state index contributed by atoms with van der Waals surface area (Å²) in [4.78, 5) is 22.3. The van der Waals surface area contributed by atoms with Crippen LogP contribution < -0.4 is 0 Å². The van der Waals surface area contributed by atoms with E-state index in [1.54, 1.807) is 19.1 Å². The highest BCUT2D eigenvalue weighted by molar-refractivity contribution is 5.75. The van der Waals surface area contributed by atoms with Crippen LogP contribution in [0.25, 0.3) is 0 Å². The van der Waals surface area contributed by atoms with Crippen LogP contribution in [0.15, 0.2) is 18.2 Å². The van der Waals surface area contributed by atoms with E-state index in [2.05, 4.69) is 0 Å². The van der Waals surface area contributed by atoms with E-state index in [4.69, 9.17) is 9.84 Å². The second kappa shape index (κ2) is 7.62. The van der Waals surface area contributed by atoms with Gasteiger partial charge in [0.1, 0.15) is 0 Å². The second-order valence-electron chi connectivity index (χ2n) is 4.19. The Hall–Kier alpha value is -1.92. The SMILES string of the molecule is CCOC(=O)CCc1cccc(CO)c1C(O)C(=O)O.